The molecule has 0 saturated heterocycles. The minimum absolute atomic E-state index is 0.0778. The van der Waals surface area contributed by atoms with Gasteiger partial charge in [0.15, 0.2) is 23.0 Å². The third-order valence-electron chi connectivity index (χ3n) is 12.1. The highest BCUT2D eigenvalue weighted by molar-refractivity contribution is 6.16. The average molecular weight is 779 g/mol. The van der Waals surface area contributed by atoms with Gasteiger partial charge in [-0.1, -0.05) is 239 Å². The predicted octanol–water partition coefficient (Wildman–Crippen LogP) is 13.8. The van der Waals surface area contributed by atoms with Crippen molar-refractivity contribution in [3.05, 3.63) is 0 Å². The van der Waals surface area contributed by atoms with Crippen molar-refractivity contribution in [3.63, 3.8) is 0 Å². The highest BCUT2D eigenvalue weighted by atomic mass is 16.4. The van der Waals surface area contributed by atoms with Crippen LogP contribution in [0, 0.1) is 0 Å². The molecular weight excluding hydrogens is 685 g/mol. The van der Waals surface area contributed by atoms with Crippen molar-refractivity contribution in [1.29, 1.82) is 0 Å². The molecule has 0 spiro atoms. The largest absolute Gasteiger partial charge is 0.393 e. The molecule has 55 heavy (non-hydrogen) atoms. The van der Waals surface area contributed by atoms with Crippen LogP contribution >= 0.6 is 0 Å². The van der Waals surface area contributed by atoms with Crippen LogP contribution in [0.1, 0.15) is 278 Å². The van der Waals surface area contributed by atoms with Crippen molar-refractivity contribution in [2.45, 2.75) is 289 Å². The summed E-state index contributed by atoms with van der Waals surface area (Å²) < 4.78 is 0. The summed E-state index contributed by atoms with van der Waals surface area (Å²) >= 11 is 0. The van der Waals surface area contributed by atoms with E-state index in [1.807, 2.05) is 0 Å². The summed E-state index contributed by atoms with van der Waals surface area (Å²) in [6.07, 6.45) is 42.0. The minimum Gasteiger partial charge on any atom is -0.393 e. The number of carbonyl (C=O) groups is 3. The van der Waals surface area contributed by atoms with Crippen LogP contribution in [0.5, 0.6) is 0 Å². The van der Waals surface area contributed by atoms with Crippen molar-refractivity contribution in [1.82, 2.24) is 0 Å². The molecule has 0 aromatic carbocycles. The monoisotopic (exact) mass is 779 g/mol. The van der Waals surface area contributed by atoms with Gasteiger partial charge in [0.2, 0.25) is 5.60 Å². The second-order valence-corrected chi connectivity index (χ2v) is 17.3. The van der Waals surface area contributed by atoms with Gasteiger partial charge in [-0.05, 0) is 19.3 Å². The van der Waals surface area contributed by atoms with E-state index in [1.165, 1.54) is 148 Å². The van der Waals surface area contributed by atoms with E-state index in [0.29, 0.717) is 19.3 Å². The summed E-state index contributed by atoms with van der Waals surface area (Å²) in [7, 11) is 0. The molecule has 0 saturated carbocycles. The lowest BCUT2D eigenvalue weighted by atomic mass is 9.71. The molecule has 6 nitrogen and oxygen atoms in total. The van der Waals surface area contributed by atoms with E-state index >= 15 is 0 Å². The lowest BCUT2D eigenvalue weighted by Crippen LogP contribution is -2.69. The summed E-state index contributed by atoms with van der Waals surface area (Å²) in [5.74, 6) is -2.45. The number of rotatable bonds is 45. The maximum atomic E-state index is 13.7. The third kappa shape index (κ3) is 26.5. The molecule has 0 fully saturated rings. The average Bonchev–Trinajstić information content (AvgIpc) is 3.19. The number of aliphatic hydroxyl groups is 3. The van der Waals surface area contributed by atoms with Gasteiger partial charge in [-0.25, -0.2) is 0 Å². The molecule has 0 aromatic heterocycles. The van der Waals surface area contributed by atoms with E-state index in [4.69, 9.17) is 0 Å². The Kier molecular flexibility index (Phi) is 37.6. The molecule has 3 N–H and O–H groups in total. The van der Waals surface area contributed by atoms with Crippen molar-refractivity contribution in [2.24, 2.45) is 0 Å². The van der Waals surface area contributed by atoms with E-state index < -0.39 is 35.2 Å². The highest BCUT2D eigenvalue weighted by Gasteiger charge is 2.62. The first kappa shape index (κ1) is 53.9. The number of hydrogen-bond acceptors (Lipinski definition) is 6. The molecule has 0 rings (SSSR count). The maximum absolute atomic E-state index is 13.7. The van der Waals surface area contributed by atoms with E-state index in [9.17, 15) is 29.7 Å². The molecule has 326 valence electrons. The Hall–Kier alpha value is -1.11. The Morgan fingerprint density at radius 2 is 0.491 bits per heavy atom. The van der Waals surface area contributed by atoms with Gasteiger partial charge < -0.3 is 15.3 Å². The first-order valence-corrected chi connectivity index (χ1v) is 24.4. The smallest absolute Gasteiger partial charge is 0.219 e. The molecule has 0 aliphatic rings. The quantitative estimate of drug-likeness (QED) is 0.0419. The molecule has 0 amide bonds. The van der Waals surface area contributed by atoms with Gasteiger partial charge in [0, 0.05) is 19.3 Å². The fraction of sp³-hybridized carbons (Fsp3) is 0.939. The lowest BCUT2D eigenvalue weighted by molar-refractivity contribution is -0.194. The molecule has 0 heterocycles. The Balaban J connectivity index is 4.83. The van der Waals surface area contributed by atoms with Gasteiger partial charge in [-0.2, -0.15) is 0 Å². The summed E-state index contributed by atoms with van der Waals surface area (Å²) in [6.45, 7) is 5.53. The van der Waals surface area contributed by atoms with Gasteiger partial charge in [0.05, 0.1) is 6.61 Å². The normalized spacial score (nSPS) is 13.0. The van der Waals surface area contributed by atoms with E-state index in [0.717, 1.165) is 70.6 Å². The van der Waals surface area contributed by atoms with Gasteiger partial charge in [0.1, 0.15) is 0 Å². The summed E-state index contributed by atoms with van der Waals surface area (Å²) in [4.78, 5) is 40.8. The number of Topliss-reactive ketones (excluding diaryl/α,β-unsaturated/α-hetero) is 3. The third-order valence-corrected chi connectivity index (χ3v) is 12.1. The second-order valence-electron chi connectivity index (χ2n) is 17.3. The summed E-state index contributed by atoms with van der Waals surface area (Å²) in [5, 5.41) is 33.8. The Morgan fingerprint density at radius 3 is 0.691 bits per heavy atom. The van der Waals surface area contributed by atoms with Crippen LogP contribution in [0.3, 0.4) is 0 Å². The van der Waals surface area contributed by atoms with E-state index in [2.05, 4.69) is 20.8 Å². The first-order valence-electron chi connectivity index (χ1n) is 24.4. The maximum Gasteiger partial charge on any atom is 0.219 e. The van der Waals surface area contributed by atoms with Crippen LogP contribution in [-0.4, -0.2) is 50.5 Å². The van der Waals surface area contributed by atoms with Crippen LogP contribution in [0.25, 0.3) is 0 Å². The minimum atomic E-state index is -2.91. The van der Waals surface area contributed by atoms with Crippen LogP contribution in [-0.2, 0) is 14.4 Å². The molecule has 0 aliphatic heterocycles. The van der Waals surface area contributed by atoms with E-state index in [-0.39, 0.29) is 19.3 Å². The number of carbonyl (C=O) groups excluding carboxylic acids is 3. The molecule has 0 radical (unpaired) electrons. The first-order chi connectivity index (χ1) is 26.8. The van der Waals surface area contributed by atoms with Crippen molar-refractivity contribution >= 4 is 17.3 Å². The van der Waals surface area contributed by atoms with Gasteiger partial charge >= 0.3 is 0 Å². The standard InChI is InChI=1S/C49H94O6/c1-4-7-10-13-16-18-20-22-24-26-28-30-33-36-39-42-46(52)49(55,48(54,44-50)45(51)41-38-35-32-15-12-9-6-3)47(53)43-40-37-34-31-29-27-25-23-21-19-17-14-11-8-5-2/h50,54-55H,4-44H2,1-3H3. The predicted molar refractivity (Wildman–Crippen MR) is 234 cm³/mol. The van der Waals surface area contributed by atoms with E-state index in [1.54, 1.807) is 0 Å². The van der Waals surface area contributed by atoms with Gasteiger partial charge in [-0.3, -0.25) is 14.4 Å². The van der Waals surface area contributed by atoms with Crippen molar-refractivity contribution in [3.8, 4) is 0 Å². The zero-order valence-electron chi connectivity index (χ0n) is 37.1. The van der Waals surface area contributed by atoms with Crippen molar-refractivity contribution < 1.29 is 29.7 Å². The summed E-state index contributed by atoms with van der Waals surface area (Å²) in [5.41, 5.74) is -5.72. The molecular formula is C49H94O6. The topological polar surface area (TPSA) is 112 Å². The summed E-state index contributed by atoms with van der Waals surface area (Å²) in [6, 6.07) is 0. The molecule has 0 aromatic rings. The lowest BCUT2D eigenvalue weighted by Gasteiger charge is -2.39. The zero-order chi connectivity index (χ0) is 40.7. The van der Waals surface area contributed by atoms with Crippen LogP contribution in [0.15, 0.2) is 0 Å². The number of ketones is 3. The molecule has 6 heteroatoms. The van der Waals surface area contributed by atoms with Crippen molar-refractivity contribution in [2.75, 3.05) is 6.61 Å². The van der Waals surface area contributed by atoms with Crippen LogP contribution < -0.4 is 0 Å². The Bertz CT molecular complexity index is 841. The molecule has 1 atom stereocenters. The zero-order valence-corrected chi connectivity index (χ0v) is 37.1. The fourth-order valence-electron chi connectivity index (χ4n) is 8.15. The fourth-order valence-corrected chi connectivity index (χ4v) is 8.15. The van der Waals surface area contributed by atoms with Gasteiger partial charge in [0.25, 0.3) is 0 Å². The number of hydrogen-bond donors (Lipinski definition) is 3. The SMILES string of the molecule is CCCCCCCCCCCCCCCCCC(=O)C(O)(C(=O)CCCCCCCCCCCCCCCCC)C(O)(CO)C(=O)CCCCCCCCC. The Morgan fingerprint density at radius 1 is 0.309 bits per heavy atom. The number of aliphatic hydroxyl groups excluding tert-OH is 1. The van der Waals surface area contributed by atoms with Crippen LogP contribution in [0.4, 0.5) is 0 Å². The molecule has 1 unspecified atom stereocenters. The highest BCUT2D eigenvalue weighted by Crippen LogP contribution is 2.32. The molecule has 0 aliphatic carbocycles. The molecule has 0 bridgehead atoms. The Labute approximate surface area is 341 Å². The number of unbranched alkanes of at least 4 members (excludes halogenated alkanes) is 34. The van der Waals surface area contributed by atoms with Gasteiger partial charge in [-0.15, -0.1) is 0 Å². The second kappa shape index (κ2) is 38.4. The van der Waals surface area contributed by atoms with Crippen LogP contribution in [0.2, 0.25) is 0 Å².